The largest absolute Gasteiger partial charge is 0.444 e. The molecule has 0 radical (unpaired) electrons. The Balaban J connectivity index is 1.53. The van der Waals surface area contributed by atoms with Crippen molar-refractivity contribution < 1.29 is 18.3 Å². The first kappa shape index (κ1) is 21.2. The molecule has 32 heavy (non-hydrogen) atoms. The Kier molecular flexibility index (Phi) is 4.96. The standard InChI is InChI=1S/C24H28F2N4O2/c1-23(2,3)32-22(31)30-10-9-27-13-19(30)24-8-7-14(12-24)15-11-18(28-29-21(15)24)20-16(25)5-4-6-17(20)26/h4-6,11,14,19,27H,7-10,12-13H2,1-3H3/t14-,19+,24+/m1/s1. The number of piperazine rings is 1. The fourth-order valence-corrected chi connectivity index (χ4v) is 5.72. The van der Waals surface area contributed by atoms with E-state index >= 15 is 0 Å². The maximum atomic E-state index is 14.3. The zero-order valence-electron chi connectivity index (χ0n) is 18.6. The quantitative estimate of drug-likeness (QED) is 0.757. The van der Waals surface area contributed by atoms with Gasteiger partial charge in [-0.1, -0.05) is 6.07 Å². The molecule has 0 unspecified atom stereocenters. The topological polar surface area (TPSA) is 67.3 Å². The molecule has 2 aromatic rings. The van der Waals surface area contributed by atoms with Crippen molar-refractivity contribution in [2.45, 2.75) is 63.0 Å². The number of benzene rings is 1. The van der Waals surface area contributed by atoms with Gasteiger partial charge >= 0.3 is 6.09 Å². The van der Waals surface area contributed by atoms with E-state index in [2.05, 4.69) is 15.5 Å². The summed E-state index contributed by atoms with van der Waals surface area (Å²) in [7, 11) is 0. The van der Waals surface area contributed by atoms with Gasteiger partial charge in [-0.2, -0.15) is 10.2 Å². The van der Waals surface area contributed by atoms with Crippen LogP contribution in [0.15, 0.2) is 24.3 Å². The molecular weight excluding hydrogens is 414 g/mol. The van der Waals surface area contributed by atoms with Crippen molar-refractivity contribution in [3.63, 3.8) is 0 Å². The molecule has 1 N–H and O–H groups in total. The molecule has 8 heteroatoms. The van der Waals surface area contributed by atoms with Crippen molar-refractivity contribution >= 4 is 6.09 Å². The maximum Gasteiger partial charge on any atom is 0.410 e. The molecule has 2 fully saturated rings. The fourth-order valence-electron chi connectivity index (χ4n) is 5.72. The third kappa shape index (κ3) is 3.36. The number of aromatic nitrogens is 2. The highest BCUT2D eigenvalue weighted by Crippen LogP contribution is 2.59. The minimum absolute atomic E-state index is 0.109. The molecule has 1 saturated carbocycles. The summed E-state index contributed by atoms with van der Waals surface area (Å²) < 4.78 is 34.4. The van der Waals surface area contributed by atoms with Crippen LogP contribution >= 0.6 is 0 Å². The van der Waals surface area contributed by atoms with Gasteiger partial charge in [-0.15, -0.1) is 0 Å². The number of hydrogen-bond acceptors (Lipinski definition) is 5. The van der Waals surface area contributed by atoms with Crippen LogP contribution in [0, 0.1) is 11.6 Å². The summed E-state index contributed by atoms with van der Waals surface area (Å²) in [6, 6.07) is 5.49. The van der Waals surface area contributed by atoms with Gasteiger partial charge < -0.3 is 15.0 Å². The van der Waals surface area contributed by atoms with Crippen molar-refractivity contribution in [3.8, 4) is 11.3 Å². The molecule has 0 spiro atoms. The van der Waals surface area contributed by atoms with E-state index in [0.717, 1.165) is 30.5 Å². The average molecular weight is 443 g/mol. The first-order valence-electron chi connectivity index (χ1n) is 11.2. The number of nitrogens with zero attached hydrogens (tertiary/aromatic N) is 3. The van der Waals surface area contributed by atoms with Gasteiger partial charge in [-0.05, 0) is 69.7 Å². The van der Waals surface area contributed by atoms with Gasteiger partial charge in [0.2, 0.25) is 0 Å². The Hall–Kier alpha value is -2.61. The number of hydrogen-bond donors (Lipinski definition) is 1. The van der Waals surface area contributed by atoms with Crippen LogP contribution in [0.1, 0.15) is 57.2 Å². The zero-order chi connectivity index (χ0) is 22.7. The molecular formula is C24H28F2N4O2. The SMILES string of the molecule is CC(C)(C)OC(=O)N1CCNC[C@H]1[C@]12CC[C@H](C1)c1cc(-c3c(F)cccc3F)nnc12. The molecule has 6 nitrogen and oxygen atoms in total. The second kappa shape index (κ2) is 7.47. The Morgan fingerprint density at radius 1 is 1.25 bits per heavy atom. The lowest BCUT2D eigenvalue weighted by atomic mass is 9.75. The van der Waals surface area contributed by atoms with Crippen molar-refractivity contribution in [2.24, 2.45) is 0 Å². The van der Waals surface area contributed by atoms with E-state index in [1.54, 1.807) is 6.07 Å². The molecule has 3 aliphatic rings. The molecule has 5 rings (SSSR count). The predicted octanol–water partition coefficient (Wildman–Crippen LogP) is 4.15. The monoisotopic (exact) mass is 442 g/mol. The Bertz CT molecular complexity index is 1050. The van der Waals surface area contributed by atoms with Crippen LogP contribution in [0.25, 0.3) is 11.3 Å². The number of fused-ring (bicyclic) bond motifs is 5. The third-order valence-corrected chi connectivity index (χ3v) is 7.01. The van der Waals surface area contributed by atoms with Crippen LogP contribution < -0.4 is 5.32 Å². The number of rotatable bonds is 2. The lowest BCUT2D eigenvalue weighted by Crippen LogP contribution is -2.62. The van der Waals surface area contributed by atoms with Gasteiger partial charge in [-0.25, -0.2) is 13.6 Å². The first-order valence-corrected chi connectivity index (χ1v) is 11.2. The van der Waals surface area contributed by atoms with E-state index in [0.29, 0.717) is 19.6 Å². The van der Waals surface area contributed by atoms with Gasteiger partial charge in [0.1, 0.15) is 17.2 Å². The second-order valence-electron chi connectivity index (χ2n) is 10.1. The third-order valence-electron chi connectivity index (χ3n) is 7.01. The molecule has 1 aliphatic heterocycles. The van der Waals surface area contributed by atoms with Gasteiger partial charge in [0, 0.05) is 25.0 Å². The normalized spacial score (nSPS) is 26.8. The molecule has 170 valence electrons. The smallest absolute Gasteiger partial charge is 0.410 e. The lowest BCUT2D eigenvalue weighted by molar-refractivity contribution is 0.000419. The van der Waals surface area contributed by atoms with Crippen LogP contribution in [0.2, 0.25) is 0 Å². The number of carbonyl (C=O) groups excluding carboxylic acids is 1. The predicted molar refractivity (Wildman–Crippen MR) is 115 cm³/mol. The van der Waals surface area contributed by atoms with E-state index in [1.807, 2.05) is 25.7 Å². The molecule has 1 aromatic heterocycles. The summed E-state index contributed by atoms with van der Waals surface area (Å²) in [5.74, 6) is -1.05. The highest BCUT2D eigenvalue weighted by Gasteiger charge is 2.57. The Labute approximate surface area is 186 Å². The lowest BCUT2D eigenvalue weighted by Gasteiger charge is -2.45. The molecule has 1 saturated heterocycles. The van der Waals surface area contributed by atoms with Crippen molar-refractivity contribution in [1.82, 2.24) is 20.4 Å². The number of ether oxygens (including phenoxy) is 1. The first-order chi connectivity index (χ1) is 15.2. The minimum Gasteiger partial charge on any atom is -0.444 e. The number of nitrogens with one attached hydrogen (secondary N) is 1. The van der Waals surface area contributed by atoms with E-state index in [-0.39, 0.29) is 34.7 Å². The summed E-state index contributed by atoms with van der Waals surface area (Å²) in [5, 5.41) is 12.2. The summed E-state index contributed by atoms with van der Waals surface area (Å²) >= 11 is 0. The maximum absolute atomic E-state index is 14.3. The molecule has 2 heterocycles. The van der Waals surface area contributed by atoms with Crippen LogP contribution in [0.5, 0.6) is 0 Å². The van der Waals surface area contributed by atoms with Crippen LogP contribution in [-0.2, 0) is 10.2 Å². The molecule has 2 aliphatic carbocycles. The molecule has 1 amide bonds. The summed E-state index contributed by atoms with van der Waals surface area (Å²) in [6.07, 6.45) is 2.40. The van der Waals surface area contributed by atoms with Crippen LogP contribution in [-0.4, -0.2) is 52.5 Å². The van der Waals surface area contributed by atoms with Crippen LogP contribution in [0.4, 0.5) is 13.6 Å². The van der Waals surface area contributed by atoms with Gasteiger partial charge in [-0.3, -0.25) is 0 Å². The highest BCUT2D eigenvalue weighted by molar-refractivity contribution is 5.70. The van der Waals surface area contributed by atoms with E-state index in [9.17, 15) is 13.6 Å². The zero-order valence-corrected chi connectivity index (χ0v) is 18.6. The van der Waals surface area contributed by atoms with Gasteiger partial charge in [0.25, 0.3) is 0 Å². The number of amides is 1. The summed E-state index contributed by atoms with van der Waals surface area (Å²) in [5.41, 5.74) is 1.02. The van der Waals surface area contributed by atoms with Gasteiger partial charge in [0.05, 0.1) is 23.0 Å². The van der Waals surface area contributed by atoms with Crippen molar-refractivity contribution in [1.29, 1.82) is 0 Å². The number of halogens is 2. The minimum atomic E-state index is -0.648. The Morgan fingerprint density at radius 3 is 2.72 bits per heavy atom. The van der Waals surface area contributed by atoms with Crippen LogP contribution in [0.3, 0.4) is 0 Å². The second-order valence-corrected chi connectivity index (χ2v) is 10.1. The van der Waals surface area contributed by atoms with Crippen molar-refractivity contribution in [3.05, 3.63) is 47.2 Å². The highest BCUT2D eigenvalue weighted by atomic mass is 19.1. The van der Waals surface area contributed by atoms with E-state index < -0.39 is 17.2 Å². The van der Waals surface area contributed by atoms with Crippen molar-refractivity contribution in [2.75, 3.05) is 19.6 Å². The molecule has 1 aromatic carbocycles. The molecule has 2 bridgehead atoms. The average Bonchev–Trinajstić information content (AvgIpc) is 3.31. The summed E-state index contributed by atoms with van der Waals surface area (Å²) in [4.78, 5) is 14.9. The fraction of sp³-hybridized carbons (Fsp3) is 0.542. The number of carbonyl (C=O) groups is 1. The van der Waals surface area contributed by atoms with E-state index in [1.165, 1.54) is 18.2 Å². The van der Waals surface area contributed by atoms with E-state index in [4.69, 9.17) is 4.74 Å². The van der Waals surface area contributed by atoms with Gasteiger partial charge in [0.15, 0.2) is 0 Å². The Morgan fingerprint density at radius 2 is 2.00 bits per heavy atom. The summed E-state index contributed by atoms with van der Waals surface area (Å²) in [6.45, 7) is 7.52. The molecule has 3 atom stereocenters.